The lowest BCUT2D eigenvalue weighted by Gasteiger charge is -2.08. The number of benzene rings is 3. The van der Waals surface area contributed by atoms with E-state index in [9.17, 15) is 4.79 Å². The van der Waals surface area contributed by atoms with Crippen molar-refractivity contribution in [1.82, 2.24) is 9.78 Å². The molecule has 0 bridgehead atoms. The molecule has 0 aliphatic rings. The van der Waals surface area contributed by atoms with Crippen molar-refractivity contribution in [3.63, 3.8) is 0 Å². The molecule has 0 spiro atoms. The van der Waals surface area contributed by atoms with Gasteiger partial charge in [0.25, 0.3) is 0 Å². The first-order chi connectivity index (χ1) is 13.3. The lowest BCUT2D eigenvalue weighted by atomic mass is 9.99. The predicted octanol–water partition coefficient (Wildman–Crippen LogP) is 4.99. The zero-order valence-electron chi connectivity index (χ0n) is 14.9. The maximum Gasteiger partial charge on any atom is 0.357 e. The molecule has 132 valence electrons. The highest BCUT2D eigenvalue weighted by molar-refractivity contribution is 6.00. The maximum atomic E-state index is 12.8. The Labute approximate surface area is 157 Å². The molecule has 0 atom stereocenters. The highest BCUT2D eigenvalue weighted by Crippen LogP contribution is 2.36. The summed E-state index contributed by atoms with van der Waals surface area (Å²) in [5.41, 5.74) is 4.57. The molecule has 0 aliphatic carbocycles. The number of para-hydroxylation sites is 1. The number of carbonyl (C=O) groups excluding carboxylic acids is 1. The highest BCUT2D eigenvalue weighted by Gasteiger charge is 2.26. The molecule has 3 aromatic carbocycles. The van der Waals surface area contributed by atoms with Gasteiger partial charge in [-0.15, -0.1) is 0 Å². The smallest absolute Gasteiger partial charge is 0.357 e. The van der Waals surface area contributed by atoms with Gasteiger partial charge < -0.3 is 4.74 Å². The zero-order chi connectivity index (χ0) is 18.6. The topological polar surface area (TPSA) is 44.1 Å². The van der Waals surface area contributed by atoms with Gasteiger partial charge in [-0.2, -0.15) is 5.10 Å². The minimum absolute atomic E-state index is 0.411. The average Bonchev–Trinajstić information content (AvgIpc) is 3.16. The van der Waals surface area contributed by atoms with Crippen LogP contribution in [0.2, 0.25) is 0 Å². The standard InChI is InChI=1S/C23H18N2O2/c1-27-23(26)22-20(17-11-5-2-6-12-17)21(18-13-7-3-8-14-18)24-25(22)19-15-9-4-10-16-19/h2-16H,1H3. The summed E-state index contributed by atoms with van der Waals surface area (Å²) in [6, 6.07) is 29.3. The third-order valence-electron chi connectivity index (χ3n) is 4.37. The molecule has 0 radical (unpaired) electrons. The number of carbonyl (C=O) groups is 1. The molecule has 1 heterocycles. The van der Waals surface area contributed by atoms with Crippen LogP contribution in [0.4, 0.5) is 0 Å². The number of ether oxygens (including phenoxy) is 1. The first-order valence-corrected chi connectivity index (χ1v) is 8.67. The Morgan fingerprint density at radius 1 is 0.778 bits per heavy atom. The Kier molecular flexibility index (Phi) is 4.54. The van der Waals surface area contributed by atoms with E-state index in [0.29, 0.717) is 5.69 Å². The normalized spacial score (nSPS) is 10.6. The molecule has 0 aliphatic heterocycles. The lowest BCUT2D eigenvalue weighted by Crippen LogP contribution is -2.11. The summed E-state index contributed by atoms with van der Waals surface area (Å²) in [6.45, 7) is 0. The molecule has 4 rings (SSSR count). The largest absolute Gasteiger partial charge is 0.464 e. The molecule has 27 heavy (non-hydrogen) atoms. The van der Waals surface area contributed by atoms with Crippen molar-refractivity contribution < 1.29 is 9.53 Å². The van der Waals surface area contributed by atoms with Crippen molar-refractivity contribution in [3.05, 3.63) is 96.7 Å². The van der Waals surface area contributed by atoms with Gasteiger partial charge in [0.1, 0.15) is 5.69 Å². The molecular weight excluding hydrogens is 336 g/mol. The molecule has 4 nitrogen and oxygen atoms in total. The van der Waals surface area contributed by atoms with Gasteiger partial charge in [0, 0.05) is 11.1 Å². The number of aromatic nitrogens is 2. The maximum absolute atomic E-state index is 12.8. The first-order valence-electron chi connectivity index (χ1n) is 8.67. The van der Waals surface area contributed by atoms with Crippen LogP contribution >= 0.6 is 0 Å². The van der Waals surface area contributed by atoms with E-state index in [-0.39, 0.29) is 0 Å². The molecule has 0 N–H and O–H groups in total. The van der Waals surface area contributed by atoms with E-state index in [4.69, 9.17) is 9.84 Å². The summed E-state index contributed by atoms with van der Waals surface area (Å²) in [7, 11) is 1.39. The van der Waals surface area contributed by atoms with Crippen LogP contribution in [0, 0.1) is 0 Å². The third-order valence-corrected chi connectivity index (χ3v) is 4.37. The number of methoxy groups -OCH3 is 1. The second kappa shape index (κ2) is 7.30. The molecule has 0 unspecified atom stereocenters. The average molecular weight is 354 g/mol. The van der Waals surface area contributed by atoms with Crippen LogP contribution in [0.25, 0.3) is 28.1 Å². The third kappa shape index (κ3) is 3.13. The lowest BCUT2D eigenvalue weighted by molar-refractivity contribution is 0.0591. The number of rotatable bonds is 4. The van der Waals surface area contributed by atoms with Gasteiger partial charge in [0.2, 0.25) is 0 Å². The fourth-order valence-electron chi connectivity index (χ4n) is 3.14. The SMILES string of the molecule is COC(=O)c1c(-c2ccccc2)c(-c2ccccc2)nn1-c1ccccc1. The Bertz CT molecular complexity index is 1060. The van der Waals surface area contributed by atoms with Crippen molar-refractivity contribution in [2.24, 2.45) is 0 Å². The van der Waals surface area contributed by atoms with E-state index >= 15 is 0 Å². The molecule has 0 fully saturated rings. The van der Waals surface area contributed by atoms with Crippen LogP contribution in [0.1, 0.15) is 10.5 Å². The van der Waals surface area contributed by atoms with E-state index in [0.717, 1.165) is 28.1 Å². The fourth-order valence-corrected chi connectivity index (χ4v) is 3.14. The van der Waals surface area contributed by atoms with Crippen LogP contribution in [-0.2, 0) is 4.74 Å². The van der Waals surface area contributed by atoms with E-state index in [2.05, 4.69) is 0 Å². The van der Waals surface area contributed by atoms with Crippen LogP contribution in [0.3, 0.4) is 0 Å². The van der Waals surface area contributed by atoms with Gasteiger partial charge in [-0.3, -0.25) is 0 Å². The van der Waals surface area contributed by atoms with Crippen molar-refractivity contribution >= 4 is 5.97 Å². The number of nitrogens with zero attached hydrogens (tertiary/aromatic N) is 2. The molecular formula is C23H18N2O2. The van der Waals surface area contributed by atoms with Crippen LogP contribution in [0.15, 0.2) is 91.0 Å². The monoisotopic (exact) mass is 354 g/mol. The number of hydrogen-bond donors (Lipinski definition) is 0. The summed E-state index contributed by atoms with van der Waals surface area (Å²) in [5, 5.41) is 4.81. The summed E-state index contributed by atoms with van der Waals surface area (Å²) in [5.74, 6) is -0.424. The summed E-state index contributed by atoms with van der Waals surface area (Å²) in [4.78, 5) is 12.8. The quantitative estimate of drug-likeness (QED) is 0.485. The van der Waals surface area contributed by atoms with E-state index in [1.165, 1.54) is 7.11 Å². The van der Waals surface area contributed by atoms with Crippen molar-refractivity contribution in [2.45, 2.75) is 0 Å². The second-order valence-electron chi connectivity index (χ2n) is 6.04. The van der Waals surface area contributed by atoms with E-state index in [1.807, 2.05) is 91.0 Å². The molecule has 4 heteroatoms. The molecule has 1 aromatic heterocycles. The van der Waals surface area contributed by atoms with Crippen molar-refractivity contribution in [3.8, 4) is 28.1 Å². The van der Waals surface area contributed by atoms with Gasteiger partial charge in [-0.05, 0) is 17.7 Å². The Morgan fingerprint density at radius 2 is 1.30 bits per heavy atom. The zero-order valence-corrected chi connectivity index (χ0v) is 14.9. The van der Waals surface area contributed by atoms with Gasteiger partial charge in [0.05, 0.1) is 12.8 Å². The number of hydrogen-bond acceptors (Lipinski definition) is 3. The minimum Gasteiger partial charge on any atom is -0.464 e. The summed E-state index contributed by atoms with van der Waals surface area (Å²) < 4.78 is 6.77. The van der Waals surface area contributed by atoms with E-state index in [1.54, 1.807) is 4.68 Å². The van der Waals surface area contributed by atoms with Crippen molar-refractivity contribution in [2.75, 3.05) is 7.11 Å². The molecule has 0 saturated carbocycles. The van der Waals surface area contributed by atoms with Gasteiger partial charge in [0.15, 0.2) is 5.69 Å². The van der Waals surface area contributed by atoms with Crippen LogP contribution in [0.5, 0.6) is 0 Å². The molecule has 0 amide bonds. The van der Waals surface area contributed by atoms with Crippen molar-refractivity contribution in [1.29, 1.82) is 0 Å². The summed E-state index contributed by atoms with van der Waals surface area (Å²) in [6.07, 6.45) is 0. The Balaban J connectivity index is 2.07. The van der Waals surface area contributed by atoms with E-state index < -0.39 is 5.97 Å². The predicted molar refractivity (Wildman–Crippen MR) is 106 cm³/mol. The van der Waals surface area contributed by atoms with Gasteiger partial charge >= 0.3 is 5.97 Å². The van der Waals surface area contributed by atoms with Gasteiger partial charge in [-0.1, -0.05) is 78.9 Å². The number of esters is 1. The highest BCUT2D eigenvalue weighted by atomic mass is 16.5. The minimum atomic E-state index is -0.424. The first kappa shape index (κ1) is 16.8. The summed E-state index contributed by atoms with van der Waals surface area (Å²) >= 11 is 0. The Hall–Kier alpha value is -3.66. The van der Waals surface area contributed by atoms with Crippen LogP contribution < -0.4 is 0 Å². The fraction of sp³-hybridized carbons (Fsp3) is 0.0435. The molecule has 0 saturated heterocycles. The van der Waals surface area contributed by atoms with Gasteiger partial charge in [-0.25, -0.2) is 9.48 Å². The Morgan fingerprint density at radius 3 is 1.85 bits per heavy atom. The molecule has 4 aromatic rings. The van der Waals surface area contributed by atoms with Crippen LogP contribution in [-0.4, -0.2) is 22.9 Å². The second-order valence-corrected chi connectivity index (χ2v) is 6.04.